The summed E-state index contributed by atoms with van der Waals surface area (Å²) in [7, 11) is 0. The van der Waals surface area contributed by atoms with Crippen LogP contribution in [0.1, 0.15) is 39.5 Å². The lowest BCUT2D eigenvalue weighted by Gasteiger charge is -2.12. The van der Waals surface area contributed by atoms with E-state index in [2.05, 4.69) is 12.2 Å². The number of hydrogen-bond donors (Lipinski definition) is 2. The number of carbonyl (C=O) groups excluding carboxylic acids is 1. The first-order valence-corrected chi connectivity index (χ1v) is 5.51. The van der Waals surface area contributed by atoms with Gasteiger partial charge in [-0.1, -0.05) is 13.3 Å². The average Bonchev–Trinajstić information content (AvgIpc) is 2.50. The molecule has 1 saturated carbocycles. The molecule has 0 aromatic heterocycles. The van der Waals surface area contributed by atoms with Crippen LogP contribution >= 0.6 is 0 Å². The summed E-state index contributed by atoms with van der Waals surface area (Å²) in [5.74, 6) is 0.0350. The molecule has 0 aromatic rings. The Hall–Kier alpha value is -1.06. The van der Waals surface area contributed by atoms with Crippen LogP contribution in [0.4, 0.5) is 0 Å². The molecule has 0 aliphatic heterocycles. The molecule has 4 heteroatoms. The maximum absolute atomic E-state index is 11.4. The first-order valence-electron chi connectivity index (χ1n) is 5.51. The summed E-state index contributed by atoms with van der Waals surface area (Å²) in [6.45, 7) is 3.68. The topological polar surface area (TPSA) is 66.4 Å². The zero-order valence-electron chi connectivity index (χ0n) is 9.32. The van der Waals surface area contributed by atoms with Gasteiger partial charge in [-0.3, -0.25) is 9.59 Å². The number of nitrogens with one attached hydrogen (secondary N) is 1. The number of carboxylic acids is 1. The highest BCUT2D eigenvalue weighted by Gasteiger charge is 2.24. The predicted octanol–water partition coefficient (Wildman–Crippen LogP) is 1.40. The van der Waals surface area contributed by atoms with Gasteiger partial charge in [0.2, 0.25) is 5.91 Å². The lowest BCUT2D eigenvalue weighted by Crippen LogP contribution is -2.38. The van der Waals surface area contributed by atoms with Gasteiger partial charge in [-0.05, 0) is 31.6 Å². The molecule has 1 aliphatic rings. The summed E-state index contributed by atoms with van der Waals surface area (Å²) < 4.78 is 0. The van der Waals surface area contributed by atoms with Crippen molar-refractivity contribution in [2.75, 3.05) is 0 Å². The van der Waals surface area contributed by atoms with E-state index in [-0.39, 0.29) is 5.91 Å². The Morgan fingerprint density at radius 3 is 2.60 bits per heavy atom. The van der Waals surface area contributed by atoms with Crippen molar-refractivity contribution < 1.29 is 14.7 Å². The molecule has 0 bridgehead atoms. The van der Waals surface area contributed by atoms with E-state index in [4.69, 9.17) is 5.11 Å². The van der Waals surface area contributed by atoms with E-state index in [9.17, 15) is 9.59 Å². The van der Waals surface area contributed by atoms with E-state index in [0.29, 0.717) is 18.3 Å². The van der Waals surface area contributed by atoms with Crippen LogP contribution in [0.25, 0.3) is 0 Å². The molecule has 86 valence electrons. The highest BCUT2D eigenvalue weighted by molar-refractivity contribution is 5.83. The normalized spacial score (nSPS) is 27.3. The monoisotopic (exact) mass is 213 g/mol. The van der Waals surface area contributed by atoms with E-state index in [1.165, 1.54) is 13.3 Å². The van der Waals surface area contributed by atoms with Gasteiger partial charge >= 0.3 is 5.97 Å². The molecule has 3 atom stereocenters. The van der Waals surface area contributed by atoms with Gasteiger partial charge < -0.3 is 10.4 Å². The van der Waals surface area contributed by atoms with Gasteiger partial charge in [-0.15, -0.1) is 0 Å². The van der Waals surface area contributed by atoms with Crippen molar-refractivity contribution in [3.8, 4) is 0 Å². The molecule has 0 spiro atoms. The van der Waals surface area contributed by atoms with Crippen LogP contribution < -0.4 is 5.32 Å². The molecule has 0 aromatic carbocycles. The van der Waals surface area contributed by atoms with Gasteiger partial charge in [0.15, 0.2) is 0 Å². The molecule has 1 amide bonds. The first kappa shape index (κ1) is 12.0. The fourth-order valence-corrected chi connectivity index (χ4v) is 2.13. The second kappa shape index (κ2) is 5.14. The number of amides is 1. The maximum Gasteiger partial charge on any atom is 0.325 e. The van der Waals surface area contributed by atoms with E-state index in [1.54, 1.807) is 0 Å². The minimum Gasteiger partial charge on any atom is -0.480 e. The Balaban J connectivity index is 2.27. The standard InChI is InChI=1S/C11H19NO3/c1-7-3-4-9(5-7)6-10(13)12-8(2)11(14)15/h7-9H,3-6H2,1-2H3,(H,12,13)(H,14,15)/t7?,8-,9?/m1/s1. The van der Waals surface area contributed by atoms with E-state index < -0.39 is 12.0 Å². The largest absolute Gasteiger partial charge is 0.480 e. The Labute approximate surface area is 90.0 Å². The summed E-state index contributed by atoms with van der Waals surface area (Å²) >= 11 is 0. The fourth-order valence-electron chi connectivity index (χ4n) is 2.13. The first-order chi connectivity index (χ1) is 6.99. The van der Waals surface area contributed by atoms with Crippen LogP contribution in [-0.2, 0) is 9.59 Å². The van der Waals surface area contributed by atoms with Crippen LogP contribution in [0.5, 0.6) is 0 Å². The second-order valence-corrected chi connectivity index (χ2v) is 4.62. The van der Waals surface area contributed by atoms with E-state index in [1.807, 2.05) is 0 Å². The average molecular weight is 213 g/mol. The van der Waals surface area contributed by atoms with Crippen molar-refractivity contribution in [3.05, 3.63) is 0 Å². The Kier molecular flexibility index (Phi) is 4.12. The number of carboxylic acid groups (broad SMARTS) is 1. The quantitative estimate of drug-likeness (QED) is 0.741. The molecule has 2 N–H and O–H groups in total. The molecule has 0 radical (unpaired) electrons. The zero-order valence-corrected chi connectivity index (χ0v) is 9.32. The summed E-state index contributed by atoms with van der Waals surface area (Å²) in [6.07, 6.45) is 3.85. The lowest BCUT2D eigenvalue weighted by atomic mass is 10.0. The lowest BCUT2D eigenvalue weighted by molar-refractivity contribution is -0.141. The Bertz CT molecular complexity index is 252. The van der Waals surface area contributed by atoms with Crippen molar-refractivity contribution in [1.82, 2.24) is 5.32 Å². The molecular formula is C11H19NO3. The molecule has 0 heterocycles. The van der Waals surface area contributed by atoms with Gasteiger partial charge in [0.05, 0.1) is 0 Å². The third kappa shape index (κ3) is 3.90. The van der Waals surface area contributed by atoms with Crippen LogP contribution in [0, 0.1) is 11.8 Å². The minimum absolute atomic E-state index is 0.135. The number of aliphatic carboxylic acids is 1. The zero-order chi connectivity index (χ0) is 11.4. The van der Waals surface area contributed by atoms with Crippen molar-refractivity contribution in [2.24, 2.45) is 11.8 Å². The summed E-state index contributed by atoms with van der Waals surface area (Å²) in [5.41, 5.74) is 0. The highest BCUT2D eigenvalue weighted by atomic mass is 16.4. The maximum atomic E-state index is 11.4. The molecule has 15 heavy (non-hydrogen) atoms. The molecule has 1 aliphatic carbocycles. The highest BCUT2D eigenvalue weighted by Crippen LogP contribution is 2.32. The molecular weight excluding hydrogens is 194 g/mol. The number of hydrogen-bond acceptors (Lipinski definition) is 2. The van der Waals surface area contributed by atoms with E-state index in [0.717, 1.165) is 12.8 Å². The molecule has 1 rings (SSSR count). The van der Waals surface area contributed by atoms with Gasteiger partial charge in [-0.2, -0.15) is 0 Å². The van der Waals surface area contributed by atoms with Gasteiger partial charge in [0.1, 0.15) is 6.04 Å². The molecule has 2 unspecified atom stereocenters. The number of carbonyl (C=O) groups is 2. The van der Waals surface area contributed by atoms with Crippen molar-refractivity contribution in [3.63, 3.8) is 0 Å². The fraction of sp³-hybridized carbons (Fsp3) is 0.818. The van der Waals surface area contributed by atoms with E-state index >= 15 is 0 Å². The second-order valence-electron chi connectivity index (χ2n) is 4.62. The van der Waals surface area contributed by atoms with Crippen LogP contribution in [0.15, 0.2) is 0 Å². The predicted molar refractivity (Wildman–Crippen MR) is 56.4 cm³/mol. The third-order valence-electron chi connectivity index (χ3n) is 3.03. The van der Waals surface area contributed by atoms with Gasteiger partial charge in [0, 0.05) is 6.42 Å². The van der Waals surface area contributed by atoms with Crippen LogP contribution in [-0.4, -0.2) is 23.0 Å². The van der Waals surface area contributed by atoms with Crippen molar-refractivity contribution >= 4 is 11.9 Å². The molecule has 0 saturated heterocycles. The number of rotatable bonds is 4. The van der Waals surface area contributed by atoms with Gasteiger partial charge in [-0.25, -0.2) is 0 Å². The Morgan fingerprint density at radius 1 is 1.47 bits per heavy atom. The summed E-state index contributed by atoms with van der Waals surface area (Å²) in [5, 5.41) is 11.1. The SMILES string of the molecule is CC1CCC(CC(=O)N[C@H](C)C(=O)O)C1. The minimum atomic E-state index is -0.983. The van der Waals surface area contributed by atoms with Crippen LogP contribution in [0.3, 0.4) is 0 Å². The summed E-state index contributed by atoms with van der Waals surface area (Å²) in [4.78, 5) is 22.0. The Morgan fingerprint density at radius 2 is 2.13 bits per heavy atom. The third-order valence-corrected chi connectivity index (χ3v) is 3.03. The van der Waals surface area contributed by atoms with Crippen molar-refractivity contribution in [1.29, 1.82) is 0 Å². The summed E-state index contributed by atoms with van der Waals surface area (Å²) in [6, 6.07) is -0.781. The molecule has 4 nitrogen and oxygen atoms in total. The van der Waals surface area contributed by atoms with Gasteiger partial charge in [0.25, 0.3) is 0 Å². The van der Waals surface area contributed by atoms with Crippen LogP contribution in [0.2, 0.25) is 0 Å². The van der Waals surface area contributed by atoms with Crippen molar-refractivity contribution in [2.45, 2.75) is 45.6 Å². The smallest absolute Gasteiger partial charge is 0.325 e. The molecule has 1 fully saturated rings.